The van der Waals surface area contributed by atoms with E-state index in [1.165, 1.54) is 6.92 Å². The van der Waals surface area contributed by atoms with E-state index in [-0.39, 0.29) is 18.6 Å². The van der Waals surface area contributed by atoms with E-state index in [2.05, 4.69) is 10.6 Å². The van der Waals surface area contributed by atoms with Gasteiger partial charge in [-0.2, -0.15) is 0 Å². The van der Waals surface area contributed by atoms with Crippen LogP contribution in [0.1, 0.15) is 20.8 Å². The first-order chi connectivity index (χ1) is 6.07. The molecule has 0 heterocycles. The fourth-order valence-corrected chi connectivity index (χ4v) is 1.01. The maximum Gasteiger partial charge on any atom is 0.216 e. The van der Waals surface area contributed by atoms with Gasteiger partial charge in [0.1, 0.15) is 0 Å². The molecule has 1 atom stereocenters. The number of nitrogens with one attached hydrogen (secondary N) is 2. The Morgan fingerprint density at radius 2 is 2.00 bits per heavy atom. The molecular formula is C9H20N2O2. The van der Waals surface area contributed by atoms with Gasteiger partial charge >= 0.3 is 0 Å². The van der Waals surface area contributed by atoms with Gasteiger partial charge in [-0.1, -0.05) is 13.8 Å². The van der Waals surface area contributed by atoms with Crippen LogP contribution < -0.4 is 10.6 Å². The average molecular weight is 188 g/mol. The Morgan fingerprint density at radius 1 is 1.38 bits per heavy atom. The van der Waals surface area contributed by atoms with Gasteiger partial charge in [-0.3, -0.25) is 4.79 Å². The van der Waals surface area contributed by atoms with Crippen LogP contribution in [0.4, 0.5) is 0 Å². The summed E-state index contributed by atoms with van der Waals surface area (Å²) in [6, 6.07) is 0.119. The molecule has 4 heteroatoms. The molecule has 0 aliphatic rings. The van der Waals surface area contributed by atoms with Gasteiger partial charge in [0.15, 0.2) is 0 Å². The van der Waals surface area contributed by atoms with Crippen molar-refractivity contribution in [2.45, 2.75) is 26.8 Å². The first kappa shape index (κ1) is 12.4. The maximum absolute atomic E-state index is 10.5. The van der Waals surface area contributed by atoms with Crippen LogP contribution >= 0.6 is 0 Å². The summed E-state index contributed by atoms with van der Waals surface area (Å²) in [7, 11) is 0. The van der Waals surface area contributed by atoms with E-state index in [1.54, 1.807) is 0 Å². The van der Waals surface area contributed by atoms with Crippen molar-refractivity contribution < 1.29 is 9.90 Å². The van der Waals surface area contributed by atoms with Crippen LogP contribution in [0.2, 0.25) is 0 Å². The van der Waals surface area contributed by atoms with Crippen molar-refractivity contribution >= 4 is 5.91 Å². The fraction of sp³-hybridized carbons (Fsp3) is 0.889. The molecule has 1 unspecified atom stereocenters. The van der Waals surface area contributed by atoms with Crippen molar-refractivity contribution in [3.63, 3.8) is 0 Å². The second kappa shape index (κ2) is 6.86. The SMILES string of the molecule is CC(=O)NCCNC(CO)C(C)C. The second-order valence-corrected chi connectivity index (χ2v) is 3.47. The van der Waals surface area contributed by atoms with Crippen LogP contribution in [0.15, 0.2) is 0 Å². The van der Waals surface area contributed by atoms with Gasteiger partial charge in [0.05, 0.1) is 6.61 Å². The van der Waals surface area contributed by atoms with E-state index in [0.717, 1.165) is 0 Å². The van der Waals surface area contributed by atoms with Crippen molar-refractivity contribution in [3.05, 3.63) is 0 Å². The molecule has 0 aromatic carbocycles. The van der Waals surface area contributed by atoms with Gasteiger partial charge in [0.2, 0.25) is 5.91 Å². The molecule has 1 amide bonds. The first-order valence-corrected chi connectivity index (χ1v) is 4.66. The van der Waals surface area contributed by atoms with Gasteiger partial charge in [-0.15, -0.1) is 0 Å². The molecule has 4 nitrogen and oxygen atoms in total. The zero-order valence-electron chi connectivity index (χ0n) is 8.63. The predicted molar refractivity (Wildman–Crippen MR) is 52.4 cm³/mol. The number of hydrogen-bond acceptors (Lipinski definition) is 3. The van der Waals surface area contributed by atoms with Crippen LogP contribution in [-0.2, 0) is 4.79 Å². The molecule has 0 aromatic rings. The minimum atomic E-state index is -0.0214. The van der Waals surface area contributed by atoms with Crippen LogP contribution in [0, 0.1) is 5.92 Å². The van der Waals surface area contributed by atoms with E-state index in [0.29, 0.717) is 19.0 Å². The van der Waals surface area contributed by atoms with Crippen LogP contribution in [-0.4, -0.2) is 36.8 Å². The summed E-state index contributed by atoms with van der Waals surface area (Å²) >= 11 is 0. The lowest BCUT2D eigenvalue weighted by Gasteiger charge is -2.19. The van der Waals surface area contributed by atoms with Gasteiger partial charge in [0.25, 0.3) is 0 Å². The van der Waals surface area contributed by atoms with Gasteiger partial charge in [0, 0.05) is 26.1 Å². The van der Waals surface area contributed by atoms with Crippen molar-refractivity contribution in [3.8, 4) is 0 Å². The summed E-state index contributed by atoms with van der Waals surface area (Å²) in [4.78, 5) is 10.5. The third kappa shape index (κ3) is 6.54. The fourth-order valence-electron chi connectivity index (χ4n) is 1.01. The second-order valence-electron chi connectivity index (χ2n) is 3.47. The number of amides is 1. The quantitative estimate of drug-likeness (QED) is 0.503. The molecular weight excluding hydrogens is 168 g/mol. The maximum atomic E-state index is 10.5. The monoisotopic (exact) mass is 188 g/mol. The van der Waals surface area contributed by atoms with E-state index in [4.69, 9.17) is 5.11 Å². The van der Waals surface area contributed by atoms with Crippen molar-refractivity contribution in [1.82, 2.24) is 10.6 Å². The summed E-state index contributed by atoms with van der Waals surface area (Å²) in [6.07, 6.45) is 0. The highest BCUT2D eigenvalue weighted by Crippen LogP contribution is 1.98. The molecule has 0 saturated heterocycles. The first-order valence-electron chi connectivity index (χ1n) is 4.66. The van der Waals surface area contributed by atoms with E-state index >= 15 is 0 Å². The van der Waals surface area contributed by atoms with Crippen LogP contribution in [0.5, 0.6) is 0 Å². The Kier molecular flexibility index (Phi) is 6.54. The number of carbonyl (C=O) groups excluding carboxylic acids is 1. The Bertz CT molecular complexity index is 149. The number of hydrogen-bond donors (Lipinski definition) is 3. The Balaban J connectivity index is 3.44. The van der Waals surface area contributed by atoms with Gasteiger partial charge in [-0.25, -0.2) is 0 Å². The Labute approximate surface area is 79.7 Å². The zero-order chi connectivity index (χ0) is 10.3. The molecule has 0 aliphatic carbocycles. The third-order valence-corrected chi connectivity index (χ3v) is 1.91. The summed E-state index contributed by atoms with van der Waals surface area (Å²) in [6.45, 7) is 7.03. The Hall–Kier alpha value is -0.610. The summed E-state index contributed by atoms with van der Waals surface area (Å²) in [5.74, 6) is 0.384. The van der Waals surface area contributed by atoms with E-state index in [1.807, 2.05) is 13.8 Å². The molecule has 0 aromatic heterocycles. The number of aliphatic hydroxyl groups excluding tert-OH is 1. The molecule has 0 spiro atoms. The van der Waals surface area contributed by atoms with Crippen molar-refractivity contribution in [2.24, 2.45) is 5.92 Å². The highest BCUT2D eigenvalue weighted by atomic mass is 16.3. The summed E-state index contributed by atoms with van der Waals surface area (Å²) in [5, 5.41) is 14.8. The van der Waals surface area contributed by atoms with Crippen LogP contribution in [0.3, 0.4) is 0 Å². The molecule has 0 aliphatic heterocycles. The number of aliphatic hydroxyl groups is 1. The largest absolute Gasteiger partial charge is 0.395 e. The lowest BCUT2D eigenvalue weighted by Crippen LogP contribution is -2.41. The molecule has 0 radical (unpaired) electrons. The third-order valence-electron chi connectivity index (χ3n) is 1.91. The smallest absolute Gasteiger partial charge is 0.216 e. The summed E-state index contributed by atoms with van der Waals surface area (Å²) in [5.41, 5.74) is 0. The molecule has 0 rings (SSSR count). The minimum absolute atomic E-state index is 0.0214. The molecule has 0 fully saturated rings. The van der Waals surface area contributed by atoms with E-state index < -0.39 is 0 Å². The molecule has 13 heavy (non-hydrogen) atoms. The summed E-state index contributed by atoms with van der Waals surface area (Å²) < 4.78 is 0. The minimum Gasteiger partial charge on any atom is -0.395 e. The van der Waals surface area contributed by atoms with Crippen LogP contribution in [0.25, 0.3) is 0 Å². The van der Waals surface area contributed by atoms with Gasteiger partial charge in [-0.05, 0) is 5.92 Å². The Morgan fingerprint density at radius 3 is 2.38 bits per heavy atom. The molecule has 0 bridgehead atoms. The van der Waals surface area contributed by atoms with Crippen molar-refractivity contribution in [2.75, 3.05) is 19.7 Å². The average Bonchev–Trinajstić information content (AvgIpc) is 2.03. The highest BCUT2D eigenvalue weighted by molar-refractivity contribution is 5.72. The standard InChI is InChI=1S/C9H20N2O2/c1-7(2)9(6-12)11-5-4-10-8(3)13/h7,9,11-12H,4-6H2,1-3H3,(H,10,13). The predicted octanol–water partition coefficient (Wildman–Crippen LogP) is -0.271. The lowest BCUT2D eigenvalue weighted by molar-refractivity contribution is -0.118. The molecule has 0 saturated carbocycles. The molecule has 78 valence electrons. The number of rotatable bonds is 6. The highest BCUT2D eigenvalue weighted by Gasteiger charge is 2.09. The normalized spacial score (nSPS) is 13.0. The van der Waals surface area contributed by atoms with Gasteiger partial charge < -0.3 is 15.7 Å². The van der Waals surface area contributed by atoms with E-state index in [9.17, 15) is 4.79 Å². The molecule has 3 N–H and O–H groups in total. The number of carbonyl (C=O) groups is 1. The van der Waals surface area contributed by atoms with Crippen molar-refractivity contribution in [1.29, 1.82) is 0 Å². The topological polar surface area (TPSA) is 61.4 Å². The lowest BCUT2D eigenvalue weighted by atomic mass is 10.1. The zero-order valence-corrected chi connectivity index (χ0v) is 8.63.